The largest absolute Gasteiger partial charge is 0.489 e. The molecular formula is C17H15NO3. The third kappa shape index (κ3) is 2.65. The molecule has 1 amide bonds. The summed E-state index contributed by atoms with van der Waals surface area (Å²) in [5, 5.41) is 0. The van der Waals surface area contributed by atoms with Gasteiger partial charge in [0, 0.05) is 23.1 Å². The zero-order valence-corrected chi connectivity index (χ0v) is 11.5. The third-order valence-corrected chi connectivity index (χ3v) is 3.67. The van der Waals surface area contributed by atoms with Crippen molar-refractivity contribution >= 4 is 11.7 Å². The highest BCUT2D eigenvalue weighted by molar-refractivity contribution is 6.01. The summed E-state index contributed by atoms with van der Waals surface area (Å²) in [5.74, 6) is 0.500. The molecule has 4 heteroatoms. The molecule has 0 bridgehead atoms. The first kappa shape index (κ1) is 13.4. The smallest absolute Gasteiger partial charge is 0.248 e. The van der Waals surface area contributed by atoms with Gasteiger partial charge in [0.25, 0.3) is 0 Å². The topological polar surface area (TPSA) is 69.4 Å². The number of benzene rings is 2. The first-order valence-corrected chi connectivity index (χ1v) is 6.82. The van der Waals surface area contributed by atoms with Crippen molar-refractivity contribution < 1.29 is 14.3 Å². The first-order chi connectivity index (χ1) is 10.1. The van der Waals surface area contributed by atoms with E-state index in [0.717, 1.165) is 28.9 Å². The Balaban J connectivity index is 1.74. The summed E-state index contributed by atoms with van der Waals surface area (Å²) in [6, 6.07) is 12.6. The molecule has 0 aliphatic heterocycles. The number of hydrogen-bond donors (Lipinski definition) is 1. The Hall–Kier alpha value is -2.62. The van der Waals surface area contributed by atoms with Crippen molar-refractivity contribution in [3.05, 3.63) is 64.7 Å². The summed E-state index contributed by atoms with van der Waals surface area (Å²) < 4.78 is 5.82. The van der Waals surface area contributed by atoms with Crippen LogP contribution < -0.4 is 10.5 Å². The maximum Gasteiger partial charge on any atom is 0.248 e. The van der Waals surface area contributed by atoms with E-state index in [0.29, 0.717) is 18.6 Å². The normalized spacial score (nSPS) is 13.0. The van der Waals surface area contributed by atoms with E-state index in [2.05, 4.69) is 0 Å². The number of Topliss-reactive ketones (excluding diaryl/α,β-unsaturated/α-hetero) is 1. The molecule has 0 radical (unpaired) electrons. The molecule has 0 saturated carbocycles. The maximum atomic E-state index is 11.7. The predicted octanol–water partition coefficient (Wildman–Crippen LogP) is 2.49. The molecule has 21 heavy (non-hydrogen) atoms. The summed E-state index contributed by atoms with van der Waals surface area (Å²) in [7, 11) is 0. The molecule has 3 rings (SSSR count). The van der Waals surface area contributed by atoms with Crippen LogP contribution in [0.2, 0.25) is 0 Å². The van der Waals surface area contributed by atoms with Crippen LogP contribution in [0.1, 0.15) is 38.3 Å². The van der Waals surface area contributed by atoms with Gasteiger partial charge in [-0.2, -0.15) is 0 Å². The van der Waals surface area contributed by atoms with E-state index in [-0.39, 0.29) is 5.78 Å². The summed E-state index contributed by atoms with van der Waals surface area (Å²) in [6.07, 6.45) is 1.30. The lowest BCUT2D eigenvalue weighted by atomic mass is 10.1. The lowest BCUT2D eigenvalue weighted by Crippen LogP contribution is -2.10. The Bertz CT molecular complexity index is 704. The minimum absolute atomic E-state index is 0.182. The van der Waals surface area contributed by atoms with Crippen LogP contribution in [0.3, 0.4) is 0 Å². The number of ketones is 1. The second-order valence-corrected chi connectivity index (χ2v) is 5.06. The standard InChI is InChI=1S/C17H15NO3/c18-17(20)12-6-4-11(5-7-12)10-21-16-3-1-2-13-14(16)8-9-15(13)19/h1-7H,8-10H2,(H2,18,20). The first-order valence-electron chi connectivity index (χ1n) is 6.82. The van der Waals surface area contributed by atoms with Gasteiger partial charge in [0.2, 0.25) is 5.91 Å². The monoisotopic (exact) mass is 281 g/mol. The van der Waals surface area contributed by atoms with Crippen LogP contribution in [0, 0.1) is 0 Å². The average Bonchev–Trinajstić information content (AvgIpc) is 2.88. The molecule has 0 unspecified atom stereocenters. The van der Waals surface area contributed by atoms with E-state index in [9.17, 15) is 9.59 Å². The SMILES string of the molecule is NC(=O)c1ccc(COc2cccc3c2CCC3=O)cc1. The third-order valence-electron chi connectivity index (χ3n) is 3.67. The minimum atomic E-state index is -0.443. The van der Waals surface area contributed by atoms with Crippen LogP contribution >= 0.6 is 0 Å². The second-order valence-electron chi connectivity index (χ2n) is 5.06. The van der Waals surface area contributed by atoms with Gasteiger partial charge in [-0.3, -0.25) is 9.59 Å². The fourth-order valence-electron chi connectivity index (χ4n) is 2.52. The molecule has 1 aliphatic carbocycles. The Kier molecular flexibility index (Phi) is 3.44. The predicted molar refractivity (Wildman–Crippen MR) is 78.4 cm³/mol. The minimum Gasteiger partial charge on any atom is -0.489 e. The number of amides is 1. The van der Waals surface area contributed by atoms with Gasteiger partial charge in [0.1, 0.15) is 12.4 Å². The summed E-state index contributed by atoms with van der Waals surface area (Å²) in [4.78, 5) is 22.7. The Labute approximate surface area is 122 Å². The zero-order chi connectivity index (χ0) is 14.8. The summed E-state index contributed by atoms with van der Waals surface area (Å²) >= 11 is 0. The Morgan fingerprint density at radius 3 is 2.57 bits per heavy atom. The number of nitrogens with two attached hydrogens (primary N) is 1. The summed E-state index contributed by atoms with van der Waals surface area (Å²) in [5.41, 5.74) is 8.40. The van der Waals surface area contributed by atoms with E-state index in [1.165, 1.54) is 0 Å². The molecule has 4 nitrogen and oxygen atoms in total. The molecule has 0 aromatic heterocycles. The number of fused-ring (bicyclic) bond motifs is 1. The number of ether oxygens (including phenoxy) is 1. The molecule has 2 aromatic rings. The Morgan fingerprint density at radius 1 is 1.10 bits per heavy atom. The quantitative estimate of drug-likeness (QED) is 0.936. The van der Waals surface area contributed by atoms with E-state index in [1.807, 2.05) is 30.3 Å². The van der Waals surface area contributed by atoms with Crippen molar-refractivity contribution in [1.29, 1.82) is 0 Å². The molecule has 0 fully saturated rings. The van der Waals surface area contributed by atoms with Gasteiger partial charge < -0.3 is 10.5 Å². The van der Waals surface area contributed by atoms with Gasteiger partial charge in [-0.15, -0.1) is 0 Å². The number of carbonyl (C=O) groups excluding carboxylic acids is 2. The van der Waals surface area contributed by atoms with Crippen molar-refractivity contribution in [3.8, 4) is 5.75 Å². The van der Waals surface area contributed by atoms with E-state index in [1.54, 1.807) is 12.1 Å². The maximum absolute atomic E-state index is 11.7. The molecule has 0 spiro atoms. The molecule has 0 saturated heterocycles. The number of primary amides is 1. The molecule has 2 N–H and O–H groups in total. The van der Waals surface area contributed by atoms with Crippen LogP contribution in [0.25, 0.3) is 0 Å². The lowest BCUT2D eigenvalue weighted by Gasteiger charge is -2.10. The van der Waals surface area contributed by atoms with Gasteiger partial charge in [0.15, 0.2) is 5.78 Å². The van der Waals surface area contributed by atoms with Gasteiger partial charge in [-0.25, -0.2) is 0 Å². The molecular weight excluding hydrogens is 266 g/mol. The fraction of sp³-hybridized carbons (Fsp3) is 0.176. The Morgan fingerprint density at radius 2 is 1.86 bits per heavy atom. The highest BCUT2D eigenvalue weighted by Crippen LogP contribution is 2.30. The highest BCUT2D eigenvalue weighted by atomic mass is 16.5. The summed E-state index contributed by atoms with van der Waals surface area (Å²) in [6.45, 7) is 0.393. The van der Waals surface area contributed by atoms with Gasteiger partial charge >= 0.3 is 0 Å². The lowest BCUT2D eigenvalue weighted by molar-refractivity contribution is 0.0988. The number of rotatable bonds is 4. The number of hydrogen-bond acceptors (Lipinski definition) is 3. The van der Waals surface area contributed by atoms with Crippen molar-refractivity contribution in [2.24, 2.45) is 5.73 Å². The van der Waals surface area contributed by atoms with Gasteiger partial charge in [-0.1, -0.05) is 24.3 Å². The van der Waals surface area contributed by atoms with Crippen LogP contribution in [-0.4, -0.2) is 11.7 Å². The van der Waals surface area contributed by atoms with Gasteiger partial charge in [0.05, 0.1) is 0 Å². The van der Waals surface area contributed by atoms with Crippen molar-refractivity contribution in [1.82, 2.24) is 0 Å². The molecule has 0 atom stereocenters. The van der Waals surface area contributed by atoms with Crippen molar-refractivity contribution in [3.63, 3.8) is 0 Å². The van der Waals surface area contributed by atoms with Crippen LogP contribution in [0.15, 0.2) is 42.5 Å². The van der Waals surface area contributed by atoms with E-state index in [4.69, 9.17) is 10.5 Å². The van der Waals surface area contributed by atoms with Crippen LogP contribution in [-0.2, 0) is 13.0 Å². The van der Waals surface area contributed by atoms with Crippen LogP contribution in [0.5, 0.6) is 5.75 Å². The number of carbonyl (C=O) groups is 2. The van der Waals surface area contributed by atoms with Crippen molar-refractivity contribution in [2.45, 2.75) is 19.4 Å². The van der Waals surface area contributed by atoms with Crippen LogP contribution in [0.4, 0.5) is 0 Å². The zero-order valence-electron chi connectivity index (χ0n) is 11.5. The second kappa shape index (κ2) is 5.40. The van der Waals surface area contributed by atoms with Crippen molar-refractivity contribution in [2.75, 3.05) is 0 Å². The molecule has 106 valence electrons. The molecule has 0 heterocycles. The molecule has 1 aliphatic rings. The highest BCUT2D eigenvalue weighted by Gasteiger charge is 2.22. The van der Waals surface area contributed by atoms with E-state index < -0.39 is 5.91 Å². The van der Waals surface area contributed by atoms with Gasteiger partial charge in [-0.05, 0) is 30.2 Å². The average molecular weight is 281 g/mol. The van der Waals surface area contributed by atoms with E-state index >= 15 is 0 Å². The molecule has 2 aromatic carbocycles. The fourth-order valence-corrected chi connectivity index (χ4v) is 2.52.